The molecule has 13 heavy (non-hydrogen) atoms. The van der Waals surface area contributed by atoms with Crippen LogP contribution in [0, 0.1) is 12.8 Å². The number of piperidine rings is 1. The fraction of sp³-hybridized carbons (Fsp3) is 0.700. The van der Waals surface area contributed by atoms with Crippen molar-refractivity contribution in [3.8, 4) is 0 Å². The SMILES string of the molecule is Cc1csc(CC2CCNCC2)n1. The molecule has 1 aliphatic rings. The fourth-order valence-corrected chi connectivity index (χ4v) is 2.72. The maximum atomic E-state index is 4.50. The number of rotatable bonds is 2. The Bertz CT molecular complexity index is 264. The Morgan fingerprint density at radius 1 is 1.54 bits per heavy atom. The van der Waals surface area contributed by atoms with Gasteiger partial charge < -0.3 is 5.32 Å². The van der Waals surface area contributed by atoms with E-state index in [1.165, 1.54) is 43.1 Å². The molecule has 0 aliphatic carbocycles. The smallest absolute Gasteiger partial charge is 0.0930 e. The lowest BCUT2D eigenvalue weighted by molar-refractivity contribution is 0.372. The molecule has 0 unspecified atom stereocenters. The van der Waals surface area contributed by atoms with Crippen molar-refractivity contribution in [2.75, 3.05) is 13.1 Å². The highest BCUT2D eigenvalue weighted by Crippen LogP contribution is 2.20. The average molecular weight is 196 g/mol. The van der Waals surface area contributed by atoms with Gasteiger partial charge in [-0.15, -0.1) is 11.3 Å². The first-order valence-corrected chi connectivity index (χ1v) is 5.84. The molecule has 2 heterocycles. The Labute approximate surface area is 83.4 Å². The van der Waals surface area contributed by atoms with E-state index in [0.29, 0.717) is 0 Å². The lowest BCUT2D eigenvalue weighted by atomic mass is 9.95. The standard InChI is InChI=1S/C10H16N2S/c1-8-7-13-10(12-8)6-9-2-4-11-5-3-9/h7,9,11H,2-6H2,1H3. The normalized spacial score (nSPS) is 19.2. The van der Waals surface area contributed by atoms with Crippen molar-refractivity contribution in [1.29, 1.82) is 0 Å². The third kappa shape index (κ3) is 2.51. The van der Waals surface area contributed by atoms with Crippen LogP contribution in [-0.2, 0) is 6.42 Å². The van der Waals surface area contributed by atoms with Crippen LogP contribution in [0.15, 0.2) is 5.38 Å². The number of nitrogens with zero attached hydrogens (tertiary/aromatic N) is 1. The van der Waals surface area contributed by atoms with Crippen LogP contribution in [0.4, 0.5) is 0 Å². The highest BCUT2D eigenvalue weighted by Gasteiger charge is 2.14. The van der Waals surface area contributed by atoms with E-state index >= 15 is 0 Å². The summed E-state index contributed by atoms with van der Waals surface area (Å²) >= 11 is 1.81. The van der Waals surface area contributed by atoms with Crippen LogP contribution in [0.3, 0.4) is 0 Å². The lowest BCUT2D eigenvalue weighted by Gasteiger charge is -2.21. The van der Waals surface area contributed by atoms with E-state index in [4.69, 9.17) is 0 Å². The second-order valence-corrected chi connectivity index (χ2v) is 4.72. The zero-order valence-electron chi connectivity index (χ0n) is 8.05. The predicted molar refractivity (Wildman–Crippen MR) is 56.1 cm³/mol. The van der Waals surface area contributed by atoms with Crippen LogP contribution in [0.5, 0.6) is 0 Å². The summed E-state index contributed by atoms with van der Waals surface area (Å²) in [6, 6.07) is 0. The summed E-state index contributed by atoms with van der Waals surface area (Å²) in [4.78, 5) is 4.50. The minimum atomic E-state index is 0.867. The van der Waals surface area contributed by atoms with Gasteiger partial charge in [0.1, 0.15) is 0 Å². The van der Waals surface area contributed by atoms with Crippen molar-refractivity contribution >= 4 is 11.3 Å². The quantitative estimate of drug-likeness (QED) is 0.782. The fourth-order valence-electron chi connectivity index (χ4n) is 1.83. The molecule has 0 aromatic carbocycles. The first kappa shape index (κ1) is 9.16. The molecular weight excluding hydrogens is 180 g/mol. The van der Waals surface area contributed by atoms with Gasteiger partial charge >= 0.3 is 0 Å². The van der Waals surface area contributed by atoms with Gasteiger partial charge in [0.15, 0.2) is 0 Å². The molecule has 1 aromatic heterocycles. The highest BCUT2D eigenvalue weighted by atomic mass is 32.1. The van der Waals surface area contributed by atoms with Gasteiger partial charge in [-0.1, -0.05) is 0 Å². The third-order valence-corrected chi connectivity index (χ3v) is 3.58. The molecule has 0 saturated carbocycles. The predicted octanol–water partition coefficient (Wildman–Crippen LogP) is 1.99. The zero-order valence-corrected chi connectivity index (χ0v) is 8.86. The van der Waals surface area contributed by atoms with Crippen LogP contribution in [0.25, 0.3) is 0 Å². The summed E-state index contributed by atoms with van der Waals surface area (Å²) in [6.07, 6.45) is 3.83. The summed E-state index contributed by atoms with van der Waals surface area (Å²) in [6.45, 7) is 4.45. The first-order valence-electron chi connectivity index (χ1n) is 4.96. The van der Waals surface area contributed by atoms with E-state index in [1.807, 2.05) is 11.3 Å². The van der Waals surface area contributed by atoms with Crippen molar-refractivity contribution in [3.63, 3.8) is 0 Å². The molecule has 0 atom stereocenters. The number of aromatic nitrogens is 1. The monoisotopic (exact) mass is 196 g/mol. The van der Waals surface area contributed by atoms with E-state index in [1.54, 1.807) is 0 Å². The van der Waals surface area contributed by atoms with E-state index < -0.39 is 0 Å². The van der Waals surface area contributed by atoms with Crippen molar-refractivity contribution < 1.29 is 0 Å². The van der Waals surface area contributed by atoms with E-state index in [-0.39, 0.29) is 0 Å². The van der Waals surface area contributed by atoms with Gasteiger partial charge in [0.05, 0.1) is 5.01 Å². The van der Waals surface area contributed by atoms with Crippen molar-refractivity contribution in [2.45, 2.75) is 26.2 Å². The van der Waals surface area contributed by atoms with Gasteiger partial charge in [0.25, 0.3) is 0 Å². The molecule has 3 heteroatoms. The molecule has 0 spiro atoms. The Balaban J connectivity index is 1.89. The minimum Gasteiger partial charge on any atom is -0.317 e. The Kier molecular flexibility index (Phi) is 2.96. The van der Waals surface area contributed by atoms with Crippen LogP contribution >= 0.6 is 11.3 Å². The van der Waals surface area contributed by atoms with Crippen LogP contribution in [-0.4, -0.2) is 18.1 Å². The second kappa shape index (κ2) is 4.20. The molecule has 72 valence electrons. The summed E-state index contributed by atoms with van der Waals surface area (Å²) in [5.41, 5.74) is 1.17. The average Bonchev–Trinajstić information content (AvgIpc) is 2.53. The molecule has 1 aromatic rings. The molecule has 1 N–H and O–H groups in total. The summed E-state index contributed by atoms with van der Waals surface area (Å²) in [5, 5.41) is 6.86. The summed E-state index contributed by atoms with van der Waals surface area (Å²) in [5.74, 6) is 0.867. The Hall–Kier alpha value is -0.410. The van der Waals surface area contributed by atoms with Crippen LogP contribution in [0.2, 0.25) is 0 Å². The number of hydrogen-bond donors (Lipinski definition) is 1. The topological polar surface area (TPSA) is 24.9 Å². The summed E-state index contributed by atoms with van der Waals surface area (Å²) in [7, 11) is 0. The van der Waals surface area contributed by atoms with Gasteiger partial charge in [-0.3, -0.25) is 0 Å². The highest BCUT2D eigenvalue weighted by molar-refractivity contribution is 7.09. The van der Waals surface area contributed by atoms with Gasteiger partial charge in [-0.2, -0.15) is 0 Å². The Morgan fingerprint density at radius 2 is 2.31 bits per heavy atom. The first-order chi connectivity index (χ1) is 6.34. The minimum absolute atomic E-state index is 0.867. The third-order valence-electron chi connectivity index (χ3n) is 2.59. The number of nitrogens with one attached hydrogen (secondary N) is 1. The van der Waals surface area contributed by atoms with Gasteiger partial charge in [-0.05, 0) is 38.8 Å². The van der Waals surface area contributed by atoms with Crippen molar-refractivity contribution in [3.05, 3.63) is 16.1 Å². The molecule has 2 rings (SSSR count). The van der Waals surface area contributed by atoms with Crippen LogP contribution in [0.1, 0.15) is 23.5 Å². The molecule has 1 fully saturated rings. The number of aryl methyl sites for hydroxylation is 1. The second-order valence-electron chi connectivity index (χ2n) is 3.78. The lowest BCUT2D eigenvalue weighted by Crippen LogP contribution is -2.28. The van der Waals surface area contributed by atoms with Crippen LogP contribution < -0.4 is 5.32 Å². The number of hydrogen-bond acceptors (Lipinski definition) is 3. The Morgan fingerprint density at radius 3 is 2.92 bits per heavy atom. The van der Waals surface area contributed by atoms with Gasteiger partial charge in [0, 0.05) is 17.5 Å². The van der Waals surface area contributed by atoms with Gasteiger partial charge in [0.2, 0.25) is 0 Å². The molecule has 0 bridgehead atoms. The molecule has 0 amide bonds. The van der Waals surface area contributed by atoms with E-state index in [2.05, 4.69) is 22.6 Å². The molecule has 1 saturated heterocycles. The molecule has 2 nitrogen and oxygen atoms in total. The molecule has 1 aliphatic heterocycles. The van der Waals surface area contributed by atoms with Gasteiger partial charge in [-0.25, -0.2) is 4.98 Å². The van der Waals surface area contributed by atoms with E-state index in [9.17, 15) is 0 Å². The largest absolute Gasteiger partial charge is 0.317 e. The summed E-state index contributed by atoms with van der Waals surface area (Å²) < 4.78 is 0. The van der Waals surface area contributed by atoms with Crippen molar-refractivity contribution in [1.82, 2.24) is 10.3 Å². The van der Waals surface area contributed by atoms with Crippen molar-refractivity contribution in [2.24, 2.45) is 5.92 Å². The maximum Gasteiger partial charge on any atom is 0.0930 e. The molecular formula is C10H16N2S. The number of thiazole rings is 1. The maximum absolute atomic E-state index is 4.50. The van der Waals surface area contributed by atoms with E-state index in [0.717, 1.165) is 5.92 Å². The zero-order chi connectivity index (χ0) is 9.10. The molecule has 0 radical (unpaired) electrons.